The first-order valence-corrected chi connectivity index (χ1v) is 11.9. The third-order valence-electron chi connectivity index (χ3n) is 5.58. The number of amides is 1. The van der Waals surface area contributed by atoms with Crippen molar-refractivity contribution in [2.75, 3.05) is 31.1 Å². The predicted octanol–water partition coefficient (Wildman–Crippen LogP) is 5.01. The van der Waals surface area contributed by atoms with Crippen LogP contribution in [-0.2, 0) is 17.4 Å². The van der Waals surface area contributed by atoms with Gasteiger partial charge in [-0.05, 0) is 68.1 Å². The average Bonchev–Trinajstić information content (AvgIpc) is 3.45. The van der Waals surface area contributed by atoms with Crippen molar-refractivity contribution in [3.63, 3.8) is 0 Å². The second kappa shape index (κ2) is 13.3. The van der Waals surface area contributed by atoms with E-state index in [1.807, 2.05) is 30.0 Å². The van der Waals surface area contributed by atoms with E-state index in [0.29, 0.717) is 42.3 Å². The molecule has 0 bridgehead atoms. The zero-order chi connectivity index (χ0) is 26.7. The summed E-state index contributed by atoms with van der Waals surface area (Å²) < 4.78 is 44.8. The lowest BCUT2D eigenvalue weighted by molar-refractivity contribution is -0.144. The number of anilines is 1. The number of nitriles is 1. The molecular formula is C27H28F3N5O2. The molecule has 1 aliphatic rings. The van der Waals surface area contributed by atoms with Crippen molar-refractivity contribution in [3.8, 4) is 23.1 Å². The fourth-order valence-electron chi connectivity index (χ4n) is 3.73. The van der Waals surface area contributed by atoms with Gasteiger partial charge in [0.25, 0.3) is 0 Å². The van der Waals surface area contributed by atoms with Gasteiger partial charge in [0.1, 0.15) is 11.6 Å². The summed E-state index contributed by atoms with van der Waals surface area (Å²) in [5.74, 6) is -0.0967. The van der Waals surface area contributed by atoms with Crippen LogP contribution in [0.2, 0.25) is 0 Å². The molecule has 0 unspecified atom stereocenters. The first-order valence-electron chi connectivity index (χ1n) is 11.9. The number of halogens is 3. The molecule has 0 atom stereocenters. The van der Waals surface area contributed by atoms with Crippen molar-refractivity contribution in [2.24, 2.45) is 0 Å². The van der Waals surface area contributed by atoms with Crippen LogP contribution >= 0.6 is 0 Å². The smallest absolute Gasteiger partial charge is 0.451 e. The van der Waals surface area contributed by atoms with Gasteiger partial charge in [0.2, 0.25) is 12.2 Å². The Labute approximate surface area is 213 Å². The maximum absolute atomic E-state index is 13.2. The molecule has 7 nitrogen and oxygen atoms in total. The first kappa shape index (κ1) is 27.5. The number of alkyl halides is 3. The lowest BCUT2D eigenvalue weighted by Crippen LogP contribution is -2.22. The number of benzene rings is 2. The van der Waals surface area contributed by atoms with Crippen LogP contribution in [0.25, 0.3) is 11.3 Å². The van der Waals surface area contributed by atoms with E-state index in [-0.39, 0.29) is 5.69 Å². The second-order valence-corrected chi connectivity index (χ2v) is 8.21. The highest BCUT2D eigenvalue weighted by atomic mass is 19.4. The third kappa shape index (κ3) is 8.20. The quantitative estimate of drug-likeness (QED) is 0.338. The van der Waals surface area contributed by atoms with Crippen LogP contribution in [0.15, 0.2) is 54.6 Å². The van der Waals surface area contributed by atoms with Gasteiger partial charge in [0, 0.05) is 31.3 Å². The maximum Gasteiger partial charge on any atom is 0.451 e. The lowest BCUT2D eigenvalue weighted by atomic mass is 10.1. The van der Waals surface area contributed by atoms with E-state index >= 15 is 0 Å². The molecule has 1 saturated heterocycles. The maximum atomic E-state index is 13.2. The van der Waals surface area contributed by atoms with Crippen molar-refractivity contribution in [3.05, 3.63) is 71.5 Å². The zero-order valence-corrected chi connectivity index (χ0v) is 20.5. The second-order valence-electron chi connectivity index (χ2n) is 8.21. The van der Waals surface area contributed by atoms with Crippen LogP contribution in [0.1, 0.15) is 36.7 Å². The topological polar surface area (TPSA) is 91.1 Å². The summed E-state index contributed by atoms with van der Waals surface area (Å²) >= 11 is 0. The summed E-state index contributed by atoms with van der Waals surface area (Å²) in [6.07, 6.45) is -1.17. The number of rotatable bonds is 8. The molecule has 0 radical (unpaired) electrons. The van der Waals surface area contributed by atoms with Crippen LogP contribution in [0, 0.1) is 11.3 Å². The van der Waals surface area contributed by atoms with E-state index in [9.17, 15) is 18.0 Å². The molecule has 2 heterocycles. The molecule has 0 spiro atoms. The Morgan fingerprint density at radius 2 is 1.76 bits per heavy atom. The number of carbonyl (C=O) groups excluding carboxylic acids is 1. The molecule has 1 amide bonds. The molecule has 0 aliphatic carbocycles. The third-order valence-corrected chi connectivity index (χ3v) is 5.58. The molecule has 1 aromatic heterocycles. The van der Waals surface area contributed by atoms with Crippen molar-refractivity contribution < 1.29 is 22.7 Å². The summed E-state index contributed by atoms with van der Waals surface area (Å²) in [7, 11) is 0. The van der Waals surface area contributed by atoms with Crippen LogP contribution in [-0.4, -0.2) is 42.6 Å². The Hall–Kier alpha value is -4.13. The molecule has 1 aliphatic heterocycles. The molecule has 3 aromatic rings. The first-order chi connectivity index (χ1) is 17.8. The highest BCUT2D eigenvalue weighted by Gasteiger charge is 2.36. The van der Waals surface area contributed by atoms with Crippen molar-refractivity contribution >= 4 is 12.2 Å². The van der Waals surface area contributed by atoms with Gasteiger partial charge in [-0.1, -0.05) is 12.1 Å². The van der Waals surface area contributed by atoms with Crippen LogP contribution in [0.4, 0.5) is 19.0 Å². The van der Waals surface area contributed by atoms with Crippen molar-refractivity contribution in [1.29, 1.82) is 5.26 Å². The van der Waals surface area contributed by atoms with Crippen molar-refractivity contribution in [2.45, 2.75) is 32.4 Å². The summed E-state index contributed by atoms with van der Waals surface area (Å²) in [4.78, 5) is 19.3. The minimum absolute atomic E-state index is 0.266. The number of nitrogens with zero attached hydrogens (tertiary/aromatic N) is 4. The molecule has 1 N–H and O–H groups in total. The van der Waals surface area contributed by atoms with Gasteiger partial charge in [-0.25, -0.2) is 9.97 Å². The van der Waals surface area contributed by atoms with Gasteiger partial charge in [0.15, 0.2) is 0 Å². The summed E-state index contributed by atoms with van der Waals surface area (Å²) in [5.41, 5.74) is 2.65. The molecule has 37 heavy (non-hydrogen) atoms. The fourth-order valence-corrected chi connectivity index (χ4v) is 3.73. The Balaban J connectivity index is 0.000000248. The molecule has 2 aromatic carbocycles. The Morgan fingerprint density at radius 3 is 2.32 bits per heavy atom. The average molecular weight is 512 g/mol. The largest absolute Gasteiger partial charge is 0.494 e. The van der Waals surface area contributed by atoms with Crippen LogP contribution < -0.4 is 15.0 Å². The Kier molecular flexibility index (Phi) is 9.84. The van der Waals surface area contributed by atoms with E-state index in [1.165, 1.54) is 0 Å². The van der Waals surface area contributed by atoms with Crippen molar-refractivity contribution in [1.82, 2.24) is 15.3 Å². The van der Waals surface area contributed by atoms with E-state index in [2.05, 4.69) is 15.3 Å². The zero-order valence-electron chi connectivity index (χ0n) is 20.5. The monoisotopic (exact) mass is 511 g/mol. The molecular weight excluding hydrogens is 483 g/mol. The number of carbonyl (C=O) groups is 1. The SMILES string of the molecule is CCOc1ccc(-c2cc(N3CCCC3)nc(C(F)(F)F)n2)cc1.N#Cc1ccc(CCNC=O)cc1. The summed E-state index contributed by atoms with van der Waals surface area (Å²) in [6, 6.07) is 17.9. The predicted molar refractivity (Wildman–Crippen MR) is 134 cm³/mol. The summed E-state index contributed by atoms with van der Waals surface area (Å²) in [5, 5.41) is 11.1. The highest BCUT2D eigenvalue weighted by Crippen LogP contribution is 2.32. The van der Waals surface area contributed by atoms with Gasteiger partial charge in [-0.3, -0.25) is 4.79 Å². The van der Waals surface area contributed by atoms with E-state index in [1.54, 1.807) is 42.5 Å². The Bertz CT molecular complexity index is 1190. The van der Waals surface area contributed by atoms with Gasteiger partial charge in [0.05, 0.1) is 23.9 Å². The van der Waals surface area contributed by atoms with E-state index in [0.717, 1.165) is 37.9 Å². The lowest BCUT2D eigenvalue weighted by Gasteiger charge is -2.18. The molecule has 194 valence electrons. The molecule has 1 fully saturated rings. The fraction of sp³-hybridized carbons (Fsp3) is 0.333. The van der Waals surface area contributed by atoms with Crippen LogP contribution in [0.3, 0.4) is 0 Å². The number of nitrogens with one attached hydrogen (secondary N) is 1. The number of aromatic nitrogens is 2. The molecule has 4 rings (SSSR count). The highest BCUT2D eigenvalue weighted by molar-refractivity contribution is 5.64. The number of hydrogen-bond donors (Lipinski definition) is 1. The minimum atomic E-state index is -4.57. The van der Waals surface area contributed by atoms with Gasteiger partial charge >= 0.3 is 6.18 Å². The van der Waals surface area contributed by atoms with E-state index < -0.39 is 12.0 Å². The Morgan fingerprint density at radius 1 is 1.08 bits per heavy atom. The van der Waals surface area contributed by atoms with E-state index in [4.69, 9.17) is 10.00 Å². The molecule has 0 saturated carbocycles. The van der Waals surface area contributed by atoms with Gasteiger partial charge in [-0.2, -0.15) is 18.4 Å². The van der Waals surface area contributed by atoms with Gasteiger partial charge < -0.3 is 15.0 Å². The molecule has 10 heteroatoms. The summed E-state index contributed by atoms with van der Waals surface area (Å²) in [6.45, 7) is 4.48. The normalized spacial score (nSPS) is 12.8. The number of ether oxygens (including phenoxy) is 1. The minimum Gasteiger partial charge on any atom is -0.494 e. The number of hydrogen-bond acceptors (Lipinski definition) is 6. The van der Waals surface area contributed by atoms with Gasteiger partial charge in [-0.15, -0.1) is 0 Å². The van der Waals surface area contributed by atoms with Crippen LogP contribution in [0.5, 0.6) is 5.75 Å². The standard InChI is InChI=1S/C17H18F3N3O.C10H10N2O/c1-2-24-13-7-5-12(6-8-13)14-11-15(23-9-3-4-10-23)22-16(21-14)17(18,19)20;11-7-10-3-1-9(2-4-10)5-6-12-8-13/h5-8,11H,2-4,9-10H2,1H3;1-4,8H,5-6H2,(H,12,13).